The lowest BCUT2D eigenvalue weighted by Crippen LogP contribution is -2.57. The quantitative estimate of drug-likeness (QED) is 0.353. The third-order valence-electron chi connectivity index (χ3n) is 7.14. The Morgan fingerprint density at radius 3 is 2.29 bits per heavy atom. The summed E-state index contributed by atoms with van der Waals surface area (Å²) in [5.74, 6) is 1.82. The molecule has 3 N–H and O–H groups in total. The van der Waals surface area contributed by atoms with Crippen LogP contribution < -0.4 is 19.7 Å². The van der Waals surface area contributed by atoms with Gasteiger partial charge in [0.25, 0.3) is 5.91 Å². The monoisotopic (exact) mass is 521 g/mol. The van der Waals surface area contributed by atoms with Crippen LogP contribution in [0.2, 0.25) is 0 Å². The van der Waals surface area contributed by atoms with E-state index >= 15 is 0 Å². The Balaban J connectivity index is 1.31. The van der Waals surface area contributed by atoms with Gasteiger partial charge in [-0.2, -0.15) is 5.10 Å². The summed E-state index contributed by atoms with van der Waals surface area (Å²) in [6, 6.07) is 16.2. The fourth-order valence-electron chi connectivity index (χ4n) is 5.12. The molecule has 1 fully saturated rings. The van der Waals surface area contributed by atoms with Gasteiger partial charge in [0.1, 0.15) is 11.5 Å². The maximum atomic E-state index is 12.8. The number of aromatic nitrogens is 2. The first-order valence-corrected chi connectivity index (χ1v) is 13.2. The summed E-state index contributed by atoms with van der Waals surface area (Å²) in [6.07, 6.45) is 2.31. The molecule has 0 radical (unpaired) electrons. The lowest BCUT2D eigenvalue weighted by Gasteiger charge is -2.45. The number of benzene rings is 2. The highest BCUT2D eigenvalue weighted by Gasteiger charge is 2.29. The van der Waals surface area contributed by atoms with E-state index in [9.17, 15) is 9.90 Å². The van der Waals surface area contributed by atoms with Gasteiger partial charge in [0, 0.05) is 67.4 Å². The van der Waals surface area contributed by atoms with Crippen molar-refractivity contribution >= 4 is 17.4 Å². The molecule has 0 aliphatic carbocycles. The van der Waals surface area contributed by atoms with Crippen molar-refractivity contribution in [3.63, 3.8) is 0 Å². The number of anilines is 2. The lowest BCUT2D eigenvalue weighted by molar-refractivity contribution is 0.102. The molecule has 1 aliphatic rings. The van der Waals surface area contributed by atoms with Gasteiger partial charge < -0.3 is 24.8 Å². The molecule has 1 amide bonds. The Bertz CT molecular complexity index is 1160. The van der Waals surface area contributed by atoms with Gasteiger partial charge in [-0.25, -0.2) is 0 Å². The van der Waals surface area contributed by atoms with Gasteiger partial charge in [-0.3, -0.25) is 14.8 Å². The van der Waals surface area contributed by atoms with Gasteiger partial charge in [-0.15, -0.1) is 0 Å². The Labute approximate surface area is 224 Å². The summed E-state index contributed by atoms with van der Waals surface area (Å²) in [5.41, 5.74) is 3.72. The number of nitrogens with zero attached hydrogens (tertiary/aromatic N) is 3. The molecule has 38 heavy (non-hydrogen) atoms. The molecule has 1 aliphatic heterocycles. The number of methoxy groups -OCH3 is 2. The number of nitrogens with one attached hydrogen (secondary N) is 2. The number of aromatic amines is 1. The highest BCUT2D eigenvalue weighted by molar-refractivity contribution is 6.03. The van der Waals surface area contributed by atoms with Gasteiger partial charge in [0.2, 0.25) is 0 Å². The van der Waals surface area contributed by atoms with E-state index in [1.807, 2.05) is 48.5 Å². The number of aryl methyl sites for hydroxylation is 2. The number of ether oxygens (including phenoxy) is 2. The molecular formula is C29H39N5O4. The van der Waals surface area contributed by atoms with Gasteiger partial charge in [0.05, 0.1) is 14.2 Å². The second kappa shape index (κ2) is 12.8. The summed E-state index contributed by atoms with van der Waals surface area (Å²) >= 11 is 0. The number of hydrogen-bond acceptors (Lipinski definition) is 7. The molecule has 2 heterocycles. The van der Waals surface area contributed by atoms with Crippen molar-refractivity contribution in [1.29, 1.82) is 0 Å². The van der Waals surface area contributed by atoms with Gasteiger partial charge in [-0.05, 0) is 75.1 Å². The molecule has 0 unspecified atom stereocenters. The molecule has 3 aromatic rings. The Morgan fingerprint density at radius 2 is 1.68 bits per heavy atom. The molecule has 2 aromatic carbocycles. The predicted molar refractivity (Wildman–Crippen MR) is 149 cm³/mol. The molecule has 0 saturated carbocycles. The van der Waals surface area contributed by atoms with Gasteiger partial charge in [-0.1, -0.05) is 0 Å². The van der Waals surface area contributed by atoms with Crippen molar-refractivity contribution in [2.75, 3.05) is 50.7 Å². The van der Waals surface area contributed by atoms with Crippen molar-refractivity contribution in [3.8, 4) is 11.5 Å². The van der Waals surface area contributed by atoms with Crippen molar-refractivity contribution in [2.24, 2.45) is 0 Å². The summed E-state index contributed by atoms with van der Waals surface area (Å²) in [6.45, 7) is 7.43. The second-order valence-electron chi connectivity index (χ2n) is 9.92. The maximum absolute atomic E-state index is 12.8. The minimum atomic E-state index is -0.192. The first-order chi connectivity index (χ1) is 18.4. The van der Waals surface area contributed by atoms with Crippen LogP contribution in [0.5, 0.6) is 11.5 Å². The number of piperazine rings is 1. The molecule has 204 valence electrons. The van der Waals surface area contributed by atoms with E-state index in [0.717, 1.165) is 67.3 Å². The average molecular weight is 522 g/mol. The zero-order valence-corrected chi connectivity index (χ0v) is 22.7. The average Bonchev–Trinajstić information content (AvgIpc) is 3.38. The number of carbonyl (C=O) groups is 1. The van der Waals surface area contributed by atoms with Gasteiger partial charge >= 0.3 is 0 Å². The van der Waals surface area contributed by atoms with E-state index in [0.29, 0.717) is 23.5 Å². The van der Waals surface area contributed by atoms with E-state index in [2.05, 4.69) is 39.2 Å². The molecule has 1 aromatic heterocycles. The van der Waals surface area contributed by atoms with Crippen LogP contribution in [-0.4, -0.2) is 78.7 Å². The molecule has 0 bridgehead atoms. The van der Waals surface area contributed by atoms with Crippen LogP contribution >= 0.6 is 0 Å². The number of H-pyrrole nitrogens is 1. The second-order valence-corrected chi connectivity index (χ2v) is 9.92. The largest absolute Gasteiger partial charge is 0.497 e. The molecule has 0 spiro atoms. The summed E-state index contributed by atoms with van der Waals surface area (Å²) in [4.78, 5) is 17.7. The number of carbonyl (C=O) groups excluding carboxylic acids is 1. The first-order valence-electron chi connectivity index (χ1n) is 13.2. The predicted octanol–water partition coefficient (Wildman–Crippen LogP) is 3.75. The normalized spacial score (nSPS) is 17.9. The topological polar surface area (TPSA) is 103 Å². The fraction of sp³-hybridized carbons (Fsp3) is 0.448. The first kappa shape index (κ1) is 27.5. The SMILES string of the molecule is COc1cc(CCc2cc(NC(=O)c3ccc(N4C[C@@H](C)N(CCCO)[C@@H](C)C4)cc3)n[nH]2)cc(OC)c1. The molecular weight excluding hydrogens is 482 g/mol. The van der Waals surface area contributed by atoms with Crippen LogP contribution in [0.1, 0.15) is 41.9 Å². The van der Waals surface area contributed by atoms with Crippen molar-refractivity contribution in [3.05, 3.63) is 65.4 Å². The molecule has 1 saturated heterocycles. The minimum Gasteiger partial charge on any atom is -0.497 e. The summed E-state index contributed by atoms with van der Waals surface area (Å²) < 4.78 is 10.7. The number of hydrogen-bond donors (Lipinski definition) is 3. The third kappa shape index (κ3) is 6.85. The lowest BCUT2D eigenvalue weighted by atomic mass is 10.1. The summed E-state index contributed by atoms with van der Waals surface area (Å²) in [5, 5.41) is 19.3. The maximum Gasteiger partial charge on any atom is 0.256 e. The highest BCUT2D eigenvalue weighted by Crippen LogP contribution is 2.25. The zero-order chi connectivity index (χ0) is 27.1. The van der Waals surface area contributed by atoms with Crippen LogP contribution in [0.3, 0.4) is 0 Å². The van der Waals surface area contributed by atoms with Crippen LogP contribution in [0.25, 0.3) is 0 Å². The third-order valence-corrected chi connectivity index (χ3v) is 7.14. The summed E-state index contributed by atoms with van der Waals surface area (Å²) in [7, 11) is 3.28. The number of amides is 1. The molecule has 4 rings (SSSR count). The van der Waals surface area contributed by atoms with E-state index in [-0.39, 0.29) is 12.5 Å². The highest BCUT2D eigenvalue weighted by atomic mass is 16.5. The number of aliphatic hydroxyl groups is 1. The molecule has 9 heteroatoms. The Kier molecular flexibility index (Phi) is 9.25. The Morgan fingerprint density at radius 1 is 1.03 bits per heavy atom. The minimum absolute atomic E-state index is 0.192. The standard InChI is InChI=1S/C29H39N5O4/c1-20-18-33(19-21(2)34(20)12-5-13-35)25-10-7-23(8-11-25)29(36)30-28-16-24(31-32-28)9-6-22-14-26(37-3)17-27(15-22)38-4/h7-8,10-11,14-17,20-21,35H,5-6,9,12-13,18-19H2,1-4H3,(H2,30,31,32,36)/t20-,21+. The van der Waals surface area contributed by atoms with Gasteiger partial charge in [0.15, 0.2) is 5.82 Å². The molecule has 2 atom stereocenters. The van der Waals surface area contributed by atoms with E-state index in [4.69, 9.17) is 9.47 Å². The van der Waals surface area contributed by atoms with Crippen LogP contribution in [0.4, 0.5) is 11.5 Å². The Hall–Kier alpha value is -3.56. The zero-order valence-electron chi connectivity index (χ0n) is 22.7. The fourth-order valence-corrected chi connectivity index (χ4v) is 5.12. The smallest absolute Gasteiger partial charge is 0.256 e. The van der Waals surface area contributed by atoms with Crippen LogP contribution in [0, 0.1) is 0 Å². The van der Waals surface area contributed by atoms with E-state index in [1.165, 1.54) is 0 Å². The van der Waals surface area contributed by atoms with E-state index in [1.54, 1.807) is 14.2 Å². The van der Waals surface area contributed by atoms with Crippen LogP contribution in [-0.2, 0) is 12.8 Å². The van der Waals surface area contributed by atoms with E-state index < -0.39 is 0 Å². The molecule has 9 nitrogen and oxygen atoms in total. The number of aliphatic hydroxyl groups excluding tert-OH is 1. The van der Waals surface area contributed by atoms with Crippen molar-refractivity contribution in [1.82, 2.24) is 15.1 Å². The van der Waals surface area contributed by atoms with Crippen molar-refractivity contribution < 1.29 is 19.4 Å². The number of rotatable bonds is 11. The van der Waals surface area contributed by atoms with Crippen LogP contribution in [0.15, 0.2) is 48.5 Å². The van der Waals surface area contributed by atoms with Crippen molar-refractivity contribution in [2.45, 2.75) is 45.2 Å².